The molecule has 0 bridgehead atoms. The highest BCUT2D eigenvalue weighted by Crippen LogP contribution is 2.43. The summed E-state index contributed by atoms with van der Waals surface area (Å²) in [5, 5.41) is 0. The number of esters is 2. The zero-order valence-electron chi connectivity index (χ0n) is 57.7. The molecule has 9 nitrogen and oxygen atoms in total. The molecule has 0 fully saturated rings. The molecule has 0 aromatic heterocycles. The Hall–Kier alpha value is -3.59. The number of phosphoric ester groups is 1. The standard InChI is InChI=1S/C78H136NO8P/c1-6-8-10-12-14-16-18-20-22-24-26-28-30-31-32-33-34-35-36-37-38-39-40-41-42-43-44-45-46-47-49-51-53-55-57-59-61-63-65-67-69-71-78(81)87-76(75-86-88(82,83)85-73-72-79(3,4)5)74-84-77(80)70-68-66-64-62-60-58-56-54-52-50-48-29-27-25-23-21-19-17-15-13-11-9-7-2/h8,10,14,16,19-22,25-28,31-32,34-35,37-38,48,50,76H,6-7,9,11-13,15,17-18,23-24,29-30,33,36,39-47,49,51-75H2,1-5H3/p+1/b10-8-,16-14-,21-19-,22-20-,27-25-,28-26-,32-31-,35-34-,38-37-,50-48-. The van der Waals surface area contributed by atoms with Crippen molar-refractivity contribution < 1.29 is 42.1 Å². The fourth-order valence-corrected chi connectivity index (χ4v) is 10.7. The van der Waals surface area contributed by atoms with E-state index in [1.807, 2.05) is 21.1 Å². The minimum Gasteiger partial charge on any atom is -0.462 e. The summed E-state index contributed by atoms with van der Waals surface area (Å²) in [6, 6.07) is 0. The van der Waals surface area contributed by atoms with Gasteiger partial charge in [0.15, 0.2) is 6.10 Å². The summed E-state index contributed by atoms with van der Waals surface area (Å²) >= 11 is 0. The topological polar surface area (TPSA) is 108 Å². The van der Waals surface area contributed by atoms with Gasteiger partial charge in [-0.2, -0.15) is 0 Å². The van der Waals surface area contributed by atoms with Crippen molar-refractivity contribution in [2.45, 2.75) is 315 Å². The molecule has 0 heterocycles. The van der Waals surface area contributed by atoms with E-state index >= 15 is 0 Å². The lowest BCUT2D eigenvalue weighted by Crippen LogP contribution is -2.37. The lowest BCUT2D eigenvalue weighted by atomic mass is 10.0. The number of nitrogens with zero attached hydrogens (tertiary/aromatic N) is 1. The molecule has 0 aliphatic carbocycles. The number of hydrogen-bond donors (Lipinski definition) is 1. The van der Waals surface area contributed by atoms with Crippen LogP contribution in [-0.2, 0) is 32.7 Å². The fraction of sp³-hybridized carbons (Fsp3) is 0.718. The second-order valence-corrected chi connectivity index (χ2v) is 26.7. The van der Waals surface area contributed by atoms with Crippen LogP contribution in [-0.4, -0.2) is 74.9 Å². The summed E-state index contributed by atoms with van der Waals surface area (Å²) in [6.07, 6.45) is 97.4. The molecule has 1 N–H and O–H groups in total. The first-order chi connectivity index (χ1) is 43.0. The van der Waals surface area contributed by atoms with Crippen molar-refractivity contribution in [3.8, 4) is 0 Å². The molecule has 88 heavy (non-hydrogen) atoms. The van der Waals surface area contributed by atoms with E-state index in [2.05, 4.69) is 135 Å². The number of rotatable bonds is 66. The van der Waals surface area contributed by atoms with Crippen LogP contribution in [0.4, 0.5) is 0 Å². The van der Waals surface area contributed by atoms with Crippen LogP contribution in [0, 0.1) is 0 Å². The largest absolute Gasteiger partial charge is 0.472 e. The number of likely N-dealkylation sites (N-methyl/N-ethyl adjacent to an activating group) is 1. The van der Waals surface area contributed by atoms with Crippen LogP contribution in [0.1, 0.15) is 309 Å². The average molecular weight is 1250 g/mol. The van der Waals surface area contributed by atoms with Gasteiger partial charge in [0.25, 0.3) is 0 Å². The van der Waals surface area contributed by atoms with Crippen LogP contribution in [0.3, 0.4) is 0 Å². The number of hydrogen-bond acceptors (Lipinski definition) is 7. The quantitative estimate of drug-likeness (QED) is 0.0211. The van der Waals surface area contributed by atoms with Crippen molar-refractivity contribution in [1.29, 1.82) is 0 Å². The van der Waals surface area contributed by atoms with E-state index in [9.17, 15) is 19.0 Å². The van der Waals surface area contributed by atoms with Gasteiger partial charge < -0.3 is 18.9 Å². The Morgan fingerprint density at radius 2 is 0.648 bits per heavy atom. The summed E-state index contributed by atoms with van der Waals surface area (Å²) in [5.41, 5.74) is 0. The minimum atomic E-state index is -4.40. The molecule has 10 heteroatoms. The molecule has 0 amide bonds. The van der Waals surface area contributed by atoms with Gasteiger partial charge in [-0.3, -0.25) is 18.6 Å². The smallest absolute Gasteiger partial charge is 0.462 e. The highest BCUT2D eigenvalue weighted by molar-refractivity contribution is 7.47. The first-order valence-electron chi connectivity index (χ1n) is 36.3. The van der Waals surface area contributed by atoms with E-state index in [1.165, 1.54) is 173 Å². The maximum atomic E-state index is 12.9. The maximum Gasteiger partial charge on any atom is 0.472 e. The number of ether oxygens (including phenoxy) is 2. The number of carbonyl (C=O) groups excluding carboxylic acids is 2. The molecule has 0 aliphatic rings. The van der Waals surface area contributed by atoms with Gasteiger partial charge in [-0.05, 0) is 109 Å². The van der Waals surface area contributed by atoms with Gasteiger partial charge in [-0.1, -0.05) is 309 Å². The summed E-state index contributed by atoms with van der Waals surface area (Å²) in [4.78, 5) is 35.9. The van der Waals surface area contributed by atoms with Gasteiger partial charge in [0.1, 0.15) is 19.8 Å². The third kappa shape index (κ3) is 71.5. The second-order valence-electron chi connectivity index (χ2n) is 25.2. The van der Waals surface area contributed by atoms with E-state index in [4.69, 9.17) is 18.5 Å². The Kier molecular flexibility index (Phi) is 65.0. The van der Waals surface area contributed by atoms with E-state index in [1.54, 1.807) is 0 Å². The van der Waals surface area contributed by atoms with Gasteiger partial charge >= 0.3 is 19.8 Å². The zero-order valence-corrected chi connectivity index (χ0v) is 58.6. The molecule has 0 saturated heterocycles. The monoisotopic (exact) mass is 1250 g/mol. The maximum absolute atomic E-state index is 12.9. The summed E-state index contributed by atoms with van der Waals surface area (Å²) in [5.74, 6) is -0.799. The SMILES string of the molecule is CC/C=C\C/C=C\C/C=C\C/C=C\C/C=C\C/C=C\C/C=C\CCCCCCCCCCCCCCCCCCCCCC(=O)OC(COC(=O)CCCCCCCCCC/C=C\C/C=C\C/C=C\CCCCCCC)COP(=O)(O)OCC[N+](C)(C)C. The first-order valence-corrected chi connectivity index (χ1v) is 37.8. The van der Waals surface area contributed by atoms with Crippen molar-refractivity contribution in [3.05, 3.63) is 122 Å². The van der Waals surface area contributed by atoms with Crippen molar-refractivity contribution in [2.75, 3.05) is 47.5 Å². The highest BCUT2D eigenvalue weighted by Gasteiger charge is 2.27. The Morgan fingerprint density at radius 3 is 0.966 bits per heavy atom. The minimum absolute atomic E-state index is 0.0273. The third-order valence-corrected chi connectivity index (χ3v) is 16.5. The summed E-state index contributed by atoms with van der Waals surface area (Å²) in [7, 11) is 1.47. The number of unbranched alkanes of at least 4 members (excludes halogenated alkanes) is 32. The number of allylic oxidation sites excluding steroid dienone is 20. The van der Waals surface area contributed by atoms with Crippen molar-refractivity contribution >= 4 is 19.8 Å². The van der Waals surface area contributed by atoms with E-state index in [0.29, 0.717) is 17.4 Å². The van der Waals surface area contributed by atoms with E-state index in [0.717, 1.165) is 103 Å². The van der Waals surface area contributed by atoms with Crippen molar-refractivity contribution in [2.24, 2.45) is 0 Å². The normalized spacial score (nSPS) is 13.8. The molecule has 2 atom stereocenters. The van der Waals surface area contributed by atoms with Crippen LogP contribution < -0.4 is 0 Å². The summed E-state index contributed by atoms with van der Waals surface area (Å²) < 4.78 is 34.7. The van der Waals surface area contributed by atoms with Crippen LogP contribution in [0.2, 0.25) is 0 Å². The molecule has 0 spiro atoms. The molecule has 0 radical (unpaired) electrons. The number of carbonyl (C=O) groups is 2. The third-order valence-electron chi connectivity index (χ3n) is 15.5. The predicted molar refractivity (Wildman–Crippen MR) is 381 cm³/mol. The predicted octanol–water partition coefficient (Wildman–Crippen LogP) is 23.8. The van der Waals surface area contributed by atoms with Crippen LogP contribution in [0.25, 0.3) is 0 Å². The Bertz CT molecular complexity index is 1900. The van der Waals surface area contributed by atoms with Gasteiger partial charge in [-0.15, -0.1) is 0 Å². The molecular weight excluding hydrogens is 1110 g/mol. The molecule has 0 aromatic rings. The van der Waals surface area contributed by atoms with Gasteiger partial charge in [0.05, 0.1) is 27.7 Å². The number of quaternary nitrogens is 1. The molecular formula is C78H137NO8P+. The Morgan fingerprint density at radius 1 is 0.364 bits per heavy atom. The van der Waals surface area contributed by atoms with E-state index < -0.39 is 26.5 Å². The van der Waals surface area contributed by atoms with Crippen LogP contribution in [0.5, 0.6) is 0 Å². The zero-order chi connectivity index (χ0) is 64.1. The lowest BCUT2D eigenvalue weighted by Gasteiger charge is -2.24. The molecule has 0 saturated carbocycles. The Balaban J connectivity index is 4.00. The second kappa shape index (κ2) is 67.8. The van der Waals surface area contributed by atoms with Crippen molar-refractivity contribution in [1.82, 2.24) is 0 Å². The van der Waals surface area contributed by atoms with Gasteiger partial charge in [-0.25, -0.2) is 4.57 Å². The molecule has 2 unspecified atom stereocenters. The van der Waals surface area contributed by atoms with Crippen LogP contribution in [0.15, 0.2) is 122 Å². The summed E-state index contributed by atoms with van der Waals surface area (Å²) in [6.45, 7) is 4.32. The fourth-order valence-electron chi connectivity index (χ4n) is 9.95. The molecule has 506 valence electrons. The van der Waals surface area contributed by atoms with Gasteiger partial charge in [0, 0.05) is 12.8 Å². The molecule has 0 aromatic carbocycles. The van der Waals surface area contributed by atoms with Crippen LogP contribution >= 0.6 is 7.82 Å². The first kappa shape index (κ1) is 84.4. The van der Waals surface area contributed by atoms with Crippen molar-refractivity contribution in [3.63, 3.8) is 0 Å². The molecule has 0 rings (SSSR count). The average Bonchev–Trinajstić information content (AvgIpc) is 3.58. The molecule has 0 aliphatic heterocycles. The van der Waals surface area contributed by atoms with E-state index in [-0.39, 0.29) is 32.0 Å². The highest BCUT2D eigenvalue weighted by atomic mass is 31.2. The Labute approximate surface area is 543 Å². The number of phosphoric acid groups is 1. The lowest BCUT2D eigenvalue weighted by molar-refractivity contribution is -0.870. The van der Waals surface area contributed by atoms with Gasteiger partial charge in [0.2, 0.25) is 0 Å².